The number of thioether (sulfide) groups is 1. The number of amides is 2. The molecule has 184 valence electrons. The molecule has 0 atom stereocenters. The fourth-order valence-corrected chi connectivity index (χ4v) is 5.12. The highest BCUT2D eigenvalue weighted by atomic mass is 79.9. The van der Waals surface area contributed by atoms with Gasteiger partial charge in [-0.05, 0) is 65.0 Å². The van der Waals surface area contributed by atoms with Crippen molar-refractivity contribution in [2.75, 3.05) is 13.2 Å². The second-order valence-electron chi connectivity index (χ2n) is 8.09. The van der Waals surface area contributed by atoms with E-state index in [1.807, 2.05) is 60.7 Å². The molecule has 4 aromatic carbocycles. The van der Waals surface area contributed by atoms with Gasteiger partial charge in [-0.15, -0.1) is 0 Å². The van der Waals surface area contributed by atoms with Crippen molar-refractivity contribution in [2.24, 2.45) is 0 Å². The number of ether oxygens (including phenoxy) is 2. The Kier molecular flexibility index (Phi) is 7.39. The predicted molar refractivity (Wildman–Crippen MR) is 148 cm³/mol. The first-order chi connectivity index (χ1) is 18.0. The molecule has 0 bridgehead atoms. The molecular weight excluding hydrogens is 554 g/mol. The van der Waals surface area contributed by atoms with Gasteiger partial charge in [0.1, 0.15) is 18.1 Å². The minimum absolute atomic E-state index is 0.123. The van der Waals surface area contributed by atoms with E-state index in [0.717, 1.165) is 31.9 Å². The zero-order valence-corrected chi connectivity index (χ0v) is 21.8. The second kappa shape index (κ2) is 11.0. The van der Waals surface area contributed by atoms with E-state index in [2.05, 4.69) is 15.9 Å². The summed E-state index contributed by atoms with van der Waals surface area (Å²) < 4.78 is 12.1. The quantitative estimate of drug-likeness (QED) is 0.135. The Morgan fingerprint density at radius 1 is 0.919 bits per heavy atom. The van der Waals surface area contributed by atoms with Gasteiger partial charge in [0, 0.05) is 10.0 Å². The SMILES string of the molecule is O=C(Oc1ccc(Br)cc1/C=C1\SC(=O)N(CCOc2ccccc2)C1=O)c1cccc2ccccc12. The molecule has 37 heavy (non-hydrogen) atoms. The maximum absolute atomic E-state index is 13.1. The van der Waals surface area contributed by atoms with Crippen molar-refractivity contribution in [3.05, 3.63) is 112 Å². The molecule has 1 saturated heterocycles. The number of hydrogen-bond donors (Lipinski definition) is 0. The number of esters is 1. The lowest BCUT2D eigenvalue weighted by Crippen LogP contribution is -2.32. The largest absolute Gasteiger partial charge is 0.492 e. The highest BCUT2D eigenvalue weighted by Gasteiger charge is 2.35. The fourth-order valence-electron chi connectivity index (χ4n) is 3.89. The van der Waals surface area contributed by atoms with Gasteiger partial charge in [-0.2, -0.15) is 0 Å². The van der Waals surface area contributed by atoms with E-state index >= 15 is 0 Å². The molecule has 1 heterocycles. The third kappa shape index (κ3) is 5.60. The van der Waals surface area contributed by atoms with Crippen LogP contribution in [0.2, 0.25) is 0 Å². The molecule has 6 nitrogen and oxygen atoms in total. The monoisotopic (exact) mass is 573 g/mol. The lowest BCUT2D eigenvalue weighted by molar-refractivity contribution is -0.123. The Labute approximate surface area is 226 Å². The van der Waals surface area contributed by atoms with Crippen LogP contribution in [0.5, 0.6) is 11.5 Å². The number of benzene rings is 4. The van der Waals surface area contributed by atoms with Crippen LogP contribution in [-0.4, -0.2) is 35.2 Å². The number of hydrogen-bond acceptors (Lipinski definition) is 6. The molecule has 0 aliphatic carbocycles. The van der Waals surface area contributed by atoms with E-state index < -0.39 is 11.9 Å². The number of carbonyl (C=O) groups excluding carboxylic acids is 3. The molecule has 2 amide bonds. The number of halogens is 1. The van der Waals surface area contributed by atoms with Crippen LogP contribution in [0.15, 0.2) is 100 Å². The number of imide groups is 1. The topological polar surface area (TPSA) is 72.9 Å². The average Bonchev–Trinajstić information content (AvgIpc) is 3.17. The van der Waals surface area contributed by atoms with Gasteiger partial charge in [-0.3, -0.25) is 14.5 Å². The van der Waals surface area contributed by atoms with Crippen molar-refractivity contribution in [2.45, 2.75) is 0 Å². The molecule has 1 aliphatic heterocycles. The first kappa shape index (κ1) is 24.8. The summed E-state index contributed by atoms with van der Waals surface area (Å²) >= 11 is 4.27. The molecular formula is C29H20BrNO5S. The highest BCUT2D eigenvalue weighted by Crippen LogP contribution is 2.35. The first-order valence-electron chi connectivity index (χ1n) is 11.4. The van der Waals surface area contributed by atoms with Crippen LogP contribution in [0.4, 0.5) is 4.79 Å². The third-order valence-electron chi connectivity index (χ3n) is 5.67. The number of nitrogens with zero attached hydrogens (tertiary/aromatic N) is 1. The molecule has 0 radical (unpaired) electrons. The first-order valence-corrected chi connectivity index (χ1v) is 13.0. The molecule has 0 unspecified atom stereocenters. The minimum atomic E-state index is -0.514. The molecule has 4 aromatic rings. The van der Waals surface area contributed by atoms with Gasteiger partial charge in [-0.25, -0.2) is 4.79 Å². The van der Waals surface area contributed by atoms with Crippen molar-refractivity contribution < 1.29 is 23.9 Å². The summed E-state index contributed by atoms with van der Waals surface area (Å²) in [4.78, 5) is 40.0. The lowest BCUT2D eigenvalue weighted by Gasteiger charge is -2.13. The van der Waals surface area contributed by atoms with E-state index in [4.69, 9.17) is 9.47 Å². The van der Waals surface area contributed by atoms with Gasteiger partial charge in [0.25, 0.3) is 11.1 Å². The van der Waals surface area contributed by atoms with Crippen molar-refractivity contribution in [1.82, 2.24) is 4.90 Å². The summed E-state index contributed by atoms with van der Waals surface area (Å²) in [6.45, 7) is 0.304. The van der Waals surface area contributed by atoms with Gasteiger partial charge in [-0.1, -0.05) is 70.5 Å². The smallest absolute Gasteiger partial charge is 0.344 e. The molecule has 1 aliphatic rings. The maximum Gasteiger partial charge on any atom is 0.344 e. The van der Waals surface area contributed by atoms with E-state index in [-0.39, 0.29) is 29.0 Å². The fraction of sp³-hybridized carbons (Fsp3) is 0.0690. The highest BCUT2D eigenvalue weighted by molar-refractivity contribution is 9.10. The van der Waals surface area contributed by atoms with Crippen molar-refractivity contribution in [3.63, 3.8) is 0 Å². The lowest BCUT2D eigenvalue weighted by atomic mass is 10.0. The summed E-state index contributed by atoms with van der Waals surface area (Å²) in [5, 5.41) is 1.34. The third-order valence-corrected chi connectivity index (χ3v) is 7.07. The van der Waals surface area contributed by atoms with Gasteiger partial charge in [0.2, 0.25) is 0 Å². The zero-order chi connectivity index (χ0) is 25.8. The average molecular weight is 574 g/mol. The van der Waals surface area contributed by atoms with Gasteiger partial charge >= 0.3 is 5.97 Å². The van der Waals surface area contributed by atoms with Crippen molar-refractivity contribution in [3.8, 4) is 11.5 Å². The van der Waals surface area contributed by atoms with Crippen LogP contribution >= 0.6 is 27.7 Å². The Morgan fingerprint density at radius 3 is 2.51 bits per heavy atom. The number of carbonyl (C=O) groups is 3. The molecule has 8 heteroatoms. The Bertz CT molecular complexity index is 1530. The van der Waals surface area contributed by atoms with Crippen molar-refractivity contribution in [1.29, 1.82) is 0 Å². The van der Waals surface area contributed by atoms with Crippen LogP contribution in [-0.2, 0) is 4.79 Å². The Morgan fingerprint density at radius 2 is 1.68 bits per heavy atom. The Hall–Kier alpha value is -3.88. The van der Waals surface area contributed by atoms with Gasteiger partial charge < -0.3 is 9.47 Å². The van der Waals surface area contributed by atoms with Gasteiger partial charge in [0.05, 0.1) is 17.0 Å². The maximum atomic E-state index is 13.1. The molecule has 0 N–H and O–H groups in total. The molecule has 0 spiro atoms. The standard InChI is InChI=1S/C29H20BrNO5S/c30-21-13-14-25(36-28(33)24-12-6-8-19-7-4-5-11-23(19)24)20(17-21)18-26-27(32)31(29(34)37-26)15-16-35-22-9-2-1-3-10-22/h1-14,17-18H,15-16H2/b26-18-. The summed E-state index contributed by atoms with van der Waals surface area (Å²) in [6, 6.07) is 27.3. The van der Waals surface area contributed by atoms with Crippen LogP contribution < -0.4 is 9.47 Å². The van der Waals surface area contributed by atoms with E-state index in [1.165, 1.54) is 0 Å². The molecule has 0 aromatic heterocycles. The summed E-state index contributed by atoms with van der Waals surface area (Å²) in [7, 11) is 0. The summed E-state index contributed by atoms with van der Waals surface area (Å²) in [6.07, 6.45) is 1.57. The Balaban J connectivity index is 1.35. The zero-order valence-electron chi connectivity index (χ0n) is 19.4. The van der Waals surface area contributed by atoms with Crippen LogP contribution in [0.1, 0.15) is 15.9 Å². The normalized spacial score (nSPS) is 14.4. The van der Waals surface area contributed by atoms with Crippen LogP contribution in [0.25, 0.3) is 16.8 Å². The van der Waals surface area contributed by atoms with Crippen molar-refractivity contribution >= 4 is 61.7 Å². The molecule has 0 saturated carbocycles. The predicted octanol–water partition coefficient (Wildman–Crippen LogP) is 6.94. The van der Waals surface area contributed by atoms with Crippen LogP contribution in [0, 0.1) is 0 Å². The van der Waals surface area contributed by atoms with E-state index in [1.54, 1.807) is 36.4 Å². The van der Waals surface area contributed by atoms with Crippen LogP contribution in [0.3, 0.4) is 0 Å². The van der Waals surface area contributed by atoms with Gasteiger partial charge in [0.15, 0.2) is 0 Å². The summed E-state index contributed by atoms with van der Waals surface area (Å²) in [5.41, 5.74) is 0.930. The minimum Gasteiger partial charge on any atom is -0.492 e. The van der Waals surface area contributed by atoms with E-state index in [0.29, 0.717) is 16.9 Å². The molecule has 5 rings (SSSR count). The number of fused-ring (bicyclic) bond motifs is 1. The second-order valence-corrected chi connectivity index (χ2v) is 10.0. The molecule has 1 fully saturated rings. The summed E-state index contributed by atoms with van der Waals surface area (Å²) in [5.74, 6) is 0.00931. The number of para-hydroxylation sites is 1. The van der Waals surface area contributed by atoms with E-state index in [9.17, 15) is 14.4 Å². The number of rotatable bonds is 7.